The Hall–Kier alpha value is -1.41. The van der Waals surface area contributed by atoms with Gasteiger partial charge in [-0.05, 0) is 34.0 Å². The molecule has 8 heteroatoms. The Morgan fingerprint density at radius 1 is 1.59 bits per heavy atom. The maximum absolute atomic E-state index is 11.7. The third-order valence-electron chi connectivity index (χ3n) is 2.46. The lowest BCUT2D eigenvalue weighted by Crippen LogP contribution is -2.26. The predicted octanol–water partition coefficient (Wildman–Crippen LogP) is 1.74. The van der Waals surface area contributed by atoms with Crippen LogP contribution in [0.5, 0.6) is 0 Å². The second-order valence-corrected chi connectivity index (χ2v) is 4.93. The average Bonchev–Trinajstić information content (AvgIpc) is 2.69. The van der Waals surface area contributed by atoms with E-state index in [4.69, 9.17) is 5.53 Å². The van der Waals surface area contributed by atoms with Gasteiger partial charge in [0, 0.05) is 40.4 Å². The molecule has 2 rings (SSSR count). The van der Waals surface area contributed by atoms with Gasteiger partial charge in [0.1, 0.15) is 0 Å². The lowest BCUT2D eigenvalue weighted by atomic mass is 10.1. The van der Waals surface area contributed by atoms with Crippen LogP contribution < -0.4 is 4.90 Å². The van der Waals surface area contributed by atoms with Crippen molar-refractivity contribution >= 4 is 34.4 Å². The van der Waals surface area contributed by atoms with E-state index >= 15 is 0 Å². The highest BCUT2D eigenvalue weighted by Gasteiger charge is 2.31. The number of aromatic nitrogens is 2. The lowest BCUT2D eigenvalue weighted by Gasteiger charge is -2.13. The molecule has 1 unspecified atom stereocenters. The summed E-state index contributed by atoms with van der Waals surface area (Å²) < 4.78 is 0.920. The Morgan fingerprint density at radius 2 is 2.29 bits per heavy atom. The molecule has 88 valence electrons. The van der Waals surface area contributed by atoms with E-state index < -0.39 is 0 Å². The first-order valence-corrected chi connectivity index (χ1v) is 6.07. The van der Waals surface area contributed by atoms with Gasteiger partial charge in [-0.1, -0.05) is 5.11 Å². The summed E-state index contributed by atoms with van der Waals surface area (Å²) in [7, 11) is 0. The van der Waals surface area contributed by atoms with Crippen molar-refractivity contribution in [1.29, 1.82) is 0 Å². The van der Waals surface area contributed by atoms with E-state index in [1.165, 1.54) is 4.90 Å². The number of anilines is 1. The Labute approximate surface area is 111 Å². The normalized spacial score (nSPS) is 19.2. The van der Waals surface area contributed by atoms with Crippen LogP contribution in [0.3, 0.4) is 0 Å². The van der Waals surface area contributed by atoms with Gasteiger partial charge in [-0.25, -0.2) is 9.97 Å². The van der Waals surface area contributed by atoms with Crippen LogP contribution in [0.15, 0.2) is 17.5 Å². The highest BCUT2D eigenvalue weighted by molar-refractivity contribution is 14.1. The summed E-state index contributed by atoms with van der Waals surface area (Å²) in [6.07, 6.45) is 3.71. The van der Waals surface area contributed by atoms with Crippen LogP contribution in [0.25, 0.3) is 10.4 Å². The summed E-state index contributed by atoms with van der Waals surface area (Å²) in [6.45, 7) is 0.849. The molecular formula is C9H9IN6O. The second kappa shape index (κ2) is 5.28. The zero-order valence-corrected chi connectivity index (χ0v) is 11.0. The van der Waals surface area contributed by atoms with E-state index in [0.29, 0.717) is 25.5 Å². The zero-order valence-electron chi connectivity index (χ0n) is 8.82. The molecule has 0 aliphatic carbocycles. The Bertz CT molecular complexity index is 469. The first kappa shape index (κ1) is 12.1. The Balaban J connectivity index is 2.10. The first-order chi connectivity index (χ1) is 8.20. The number of rotatable bonds is 3. The average molecular weight is 344 g/mol. The molecule has 0 N–H and O–H groups in total. The van der Waals surface area contributed by atoms with Crippen LogP contribution in [0, 0.1) is 9.49 Å². The highest BCUT2D eigenvalue weighted by atomic mass is 127. The molecule has 0 radical (unpaired) electrons. The monoisotopic (exact) mass is 344 g/mol. The molecule has 1 amide bonds. The largest absolute Gasteiger partial charge is 0.280 e. The van der Waals surface area contributed by atoms with Gasteiger partial charge >= 0.3 is 0 Å². The van der Waals surface area contributed by atoms with Gasteiger partial charge in [0.25, 0.3) is 0 Å². The topological polar surface area (TPSA) is 94.9 Å². The molecule has 1 aliphatic rings. The fraction of sp³-hybridized carbons (Fsp3) is 0.444. The summed E-state index contributed by atoms with van der Waals surface area (Å²) in [5.41, 5.74) is 8.24. The number of hydrogen-bond donors (Lipinski definition) is 0. The van der Waals surface area contributed by atoms with Crippen molar-refractivity contribution in [3.8, 4) is 0 Å². The molecule has 1 atom stereocenters. The molecule has 0 aromatic carbocycles. The van der Waals surface area contributed by atoms with Crippen molar-refractivity contribution < 1.29 is 4.79 Å². The fourth-order valence-corrected chi connectivity index (χ4v) is 1.97. The molecule has 1 saturated heterocycles. The van der Waals surface area contributed by atoms with E-state index in [-0.39, 0.29) is 11.8 Å². The lowest BCUT2D eigenvalue weighted by molar-refractivity contribution is -0.117. The molecule has 7 nitrogen and oxygen atoms in total. The molecule has 1 aromatic rings. The minimum Gasteiger partial charge on any atom is -0.280 e. The Kier molecular flexibility index (Phi) is 3.75. The van der Waals surface area contributed by atoms with Gasteiger partial charge < -0.3 is 0 Å². The van der Waals surface area contributed by atoms with Crippen molar-refractivity contribution in [2.45, 2.75) is 6.42 Å². The number of amides is 1. The maximum Gasteiger partial charge on any atom is 0.232 e. The van der Waals surface area contributed by atoms with Gasteiger partial charge in [-0.2, -0.15) is 0 Å². The molecule has 0 bridgehead atoms. The van der Waals surface area contributed by atoms with Gasteiger partial charge in [0.2, 0.25) is 11.9 Å². The molecule has 17 heavy (non-hydrogen) atoms. The van der Waals surface area contributed by atoms with Crippen molar-refractivity contribution in [2.75, 3.05) is 18.0 Å². The number of azide groups is 1. The second-order valence-electron chi connectivity index (χ2n) is 3.69. The summed E-state index contributed by atoms with van der Waals surface area (Å²) in [4.78, 5) is 24.2. The molecular weight excluding hydrogens is 335 g/mol. The van der Waals surface area contributed by atoms with Crippen molar-refractivity contribution in [2.24, 2.45) is 11.0 Å². The van der Waals surface area contributed by atoms with Crippen LogP contribution in [-0.2, 0) is 4.79 Å². The summed E-state index contributed by atoms with van der Waals surface area (Å²) in [5.74, 6) is 0.449. The van der Waals surface area contributed by atoms with Crippen molar-refractivity contribution in [3.05, 3.63) is 26.4 Å². The standard InChI is InChI=1S/C9H9IN6O/c10-7-3-12-9(13-4-7)16-5-6(1-8(16)17)2-14-15-11/h3-4,6H,1-2,5H2. The molecule has 0 saturated carbocycles. The van der Waals surface area contributed by atoms with E-state index in [1.54, 1.807) is 12.4 Å². The number of carbonyl (C=O) groups is 1. The number of hydrogen-bond acceptors (Lipinski definition) is 4. The molecule has 1 aromatic heterocycles. The van der Waals surface area contributed by atoms with E-state index in [9.17, 15) is 4.79 Å². The summed E-state index contributed by atoms with van der Waals surface area (Å²) in [6, 6.07) is 0. The molecule has 0 spiro atoms. The van der Waals surface area contributed by atoms with Crippen molar-refractivity contribution in [3.63, 3.8) is 0 Å². The quantitative estimate of drug-likeness (QED) is 0.362. The van der Waals surface area contributed by atoms with E-state index in [1.807, 2.05) is 0 Å². The SMILES string of the molecule is [N-]=[N+]=NCC1CC(=O)N(c2ncc(I)cn2)C1. The number of nitrogens with zero attached hydrogens (tertiary/aromatic N) is 6. The van der Waals surface area contributed by atoms with Crippen LogP contribution in [-0.4, -0.2) is 29.0 Å². The fourth-order valence-electron chi connectivity index (χ4n) is 1.69. The van der Waals surface area contributed by atoms with Crippen LogP contribution in [0.1, 0.15) is 6.42 Å². The van der Waals surface area contributed by atoms with E-state index in [0.717, 1.165) is 3.57 Å². The minimum atomic E-state index is -0.0238. The maximum atomic E-state index is 11.7. The highest BCUT2D eigenvalue weighted by Crippen LogP contribution is 2.22. The predicted molar refractivity (Wildman–Crippen MR) is 69.2 cm³/mol. The number of halogens is 1. The first-order valence-electron chi connectivity index (χ1n) is 4.99. The molecule has 2 heterocycles. The summed E-state index contributed by atoms with van der Waals surface area (Å²) in [5, 5.41) is 3.49. The molecule has 1 aliphatic heterocycles. The van der Waals surface area contributed by atoms with Gasteiger partial charge in [0.05, 0.1) is 0 Å². The zero-order chi connectivity index (χ0) is 12.3. The van der Waals surface area contributed by atoms with Crippen LogP contribution >= 0.6 is 22.6 Å². The summed E-state index contributed by atoms with van der Waals surface area (Å²) >= 11 is 2.10. The van der Waals surface area contributed by atoms with Gasteiger partial charge in [0.15, 0.2) is 0 Å². The minimum absolute atomic E-state index is 0.0238. The van der Waals surface area contributed by atoms with Gasteiger partial charge in [-0.15, -0.1) is 0 Å². The third kappa shape index (κ3) is 2.83. The smallest absolute Gasteiger partial charge is 0.232 e. The van der Waals surface area contributed by atoms with E-state index in [2.05, 4.69) is 42.6 Å². The number of carbonyl (C=O) groups excluding carboxylic acids is 1. The third-order valence-corrected chi connectivity index (χ3v) is 3.01. The molecule has 1 fully saturated rings. The van der Waals surface area contributed by atoms with Crippen LogP contribution in [0.4, 0.5) is 5.95 Å². The van der Waals surface area contributed by atoms with Gasteiger partial charge in [-0.3, -0.25) is 9.69 Å². The van der Waals surface area contributed by atoms with Crippen molar-refractivity contribution in [1.82, 2.24) is 9.97 Å². The Morgan fingerprint density at radius 3 is 2.94 bits per heavy atom. The van der Waals surface area contributed by atoms with Crippen LogP contribution in [0.2, 0.25) is 0 Å².